The molecule has 0 N–H and O–H groups in total. The van der Waals surface area contributed by atoms with Crippen molar-refractivity contribution < 1.29 is 9.47 Å². The fourth-order valence-corrected chi connectivity index (χ4v) is 3.75. The van der Waals surface area contributed by atoms with Gasteiger partial charge in [0.15, 0.2) is 0 Å². The van der Waals surface area contributed by atoms with E-state index in [1.807, 2.05) is 13.0 Å². The molecule has 1 unspecified atom stereocenters. The van der Waals surface area contributed by atoms with Gasteiger partial charge in [-0.2, -0.15) is 0 Å². The van der Waals surface area contributed by atoms with E-state index < -0.39 is 0 Å². The summed E-state index contributed by atoms with van der Waals surface area (Å²) in [5.74, 6) is 2.33. The van der Waals surface area contributed by atoms with Gasteiger partial charge in [0.1, 0.15) is 11.6 Å². The Morgan fingerprint density at radius 2 is 1.92 bits per heavy atom. The zero-order chi connectivity index (χ0) is 17.8. The molecule has 0 saturated carbocycles. The molecule has 4 rings (SSSR count). The number of piperidine rings is 1. The molecule has 0 bridgehead atoms. The van der Waals surface area contributed by atoms with Crippen molar-refractivity contribution in [1.82, 2.24) is 9.97 Å². The third-order valence-corrected chi connectivity index (χ3v) is 5.29. The van der Waals surface area contributed by atoms with Gasteiger partial charge < -0.3 is 14.4 Å². The maximum absolute atomic E-state index is 6.11. The molecule has 3 heterocycles. The number of hydrogen-bond donors (Lipinski definition) is 0. The first-order valence-electron chi connectivity index (χ1n) is 9.62. The molecule has 5 heteroatoms. The summed E-state index contributed by atoms with van der Waals surface area (Å²) in [6, 6.07) is 12.6. The molecule has 1 aromatic carbocycles. The molecule has 0 aliphatic carbocycles. The lowest BCUT2D eigenvalue weighted by Crippen LogP contribution is -2.37. The standard InChI is InChI=1S/C21H27N3O2/c1-16-22-20(18-9-12-25-15-18)13-21(23-16)24-10-7-19(8-11-24)26-14-17-5-3-2-4-6-17/h2-6,13,18-19H,7-12,14-15H2,1H3. The summed E-state index contributed by atoms with van der Waals surface area (Å²) in [6.45, 7) is 6.27. The largest absolute Gasteiger partial charge is 0.381 e. The van der Waals surface area contributed by atoms with Crippen molar-refractivity contribution in [2.45, 2.75) is 44.8 Å². The highest BCUT2D eigenvalue weighted by molar-refractivity contribution is 5.41. The molecule has 0 amide bonds. The Morgan fingerprint density at radius 3 is 2.65 bits per heavy atom. The van der Waals surface area contributed by atoms with Gasteiger partial charge in [0, 0.05) is 31.7 Å². The van der Waals surface area contributed by atoms with Crippen LogP contribution in [0.25, 0.3) is 0 Å². The minimum absolute atomic E-state index is 0.331. The van der Waals surface area contributed by atoms with Crippen LogP contribution in [0.15, 0.2) is 36.4 Å². The smallest absolute Gasteiger partial charge is 0.132 e. The van der Waals surface area contributed by atoms with Crippen LogP contribution in [-0.2, 0) is 16.1 Å². The van der Waals surface area contributed by atoms with Crippen LogP contribution in [0.4, 0.5) is 5.82 Å². The summed E-state index contributed by atoms with van der Waals surface area (Å²) in [6.07, 6.45) is 3.47. The molecular weight excluding hydrogens is 326 g/mol. The second kappa shape index (κ2) is 8.14. The zero-order valence-corrected chi connectivity index (χ0v) is 15.4. The SMILES string of the molecule is Cc1nc(C2CCOC2)cc(N2CCC(OCc3ccccc3)CC2)n1. The van der Waals surface area contributed by atoms with Crippen molar-refractivity contribution in [3.63, 3.8) is 0 Å². The van der Waals surface area contributed by atoms with Crippen LogP contribution >= 0.6 is 0 Å². The topological polar surface area (TPSA) is 47.5 Å². The van der Waals surface area contributed by atoms with Gasteiger partial charge in [0.25, 0.3) is 0 Å². The fourth-order valence-electron chi connectivity index (χ4n) is 3.75. The minimum atomic E-state index is 0.331. The summed E-state index contributed by atoms with van der Waals surface area (Å²) >= 11 is 0. The third-order valence-electron chi connectivity index (χ3n) is 5.29. The Balaban J connectivity index is 1.34. The Hall–Kier alpha value is -1.98. The monoisotopic (exact) mass is 353 g/mol. The van der Waals surface area contributed by atoms with Crippen molar-refractivity contribution in [3.05, 3.63) is 53.5 Å². The average Bonchev–Trinajstić information content (AvgIpc) is 3.22. The number of aromatic nitrogens is 2. The van der Waals surface area contributed by atoms with Crippen LogP contribution in [0, 0.1) is 6.92 Å². The lowest BCUT2D eigenvalue weighted by atomic mass is 10.0. The van der Waals surface area contributed by atoms with Crippen LogP contribution < -0.4 is 4.90 Å². The van der Waals surface area contributed by atoms with Gasteiger partial charge in [0.05, 0.1) is 25.0 Å². The lowest BCUT2D eigenvalue weighted by Gasteiger charge is -2.33. The minimum Gasteiger partial charge on any atom is -0.381 e. The number of nitrogens with zero attached hydrogens (tertiary/aromatic N) is 3. The van der Waals surface area contributed by atoms with Gasteiger partial charge in [-0.1, -0.05) is 30.3 Å². The van der Waals surface area contributed by atoms with E-state index in [1.54, 1.807) is 0 Å². The predicted octanol–water partition coefficient (Wildman–Crippen LogP) is 3.47. The number of aryl methyl sites for hydroxylation is 1. The maximum atomic E-state index is 6.11. The van der Waals surface area contributed by atoms with Gasteiger partial charge in [-0.15, -0.1) is 0 Å². The van der Waals surface area contributed by atoms with Gasteiger partial charge in [-0.25, -0.2) is 9.97 Å². The summed E-state index contributed by atoms with van der Waals surface area (Å²) in [7, 11) is 0. The second-order valence-electron chi connectivity index (χ2n) is 7.24. The summed E-state index contributed by atoms with van der Waals surface area (Å²) in [5.41, 5.74) is 2.37. The van der Waals surface area contributed by atoms with Gasteiger partial charge in [-0.05, 0) is 31.7 Å². The molecule has 2 aromatic rings. The first-order chi connectivity index (χ1) is 12.8. The van der Waals surface area contributed by atoms with Gasteiger partial charge in [0.2, 0.25) is 0 Å². The van der Waals surface area contributed by atoms with Gasteiger partial charge >= 0.3 is 0 Å². The molecule has 2 aliphatic rings. The van der Waals surface area contributed by atoms with Crippen molar-refractivity contribution >= 4 is 5.82 Å². The van der Waals surface area contributed by atoms with Crippen molar-refractivity contribution in [2.75, 3.05) is 31.2 Å². The van der Waals surface area contributed by atoms with Crippen LogP contribution in [0.5, 0.6) is 0 Å². The Labute approximate surface area is 155 Å². The number of benzene rings is 1. The van der Waals surface area contributed by atoms with E-state index in [4.69, 9.17) is 9.47 Å². The number of rotatable bonds is 5. The van der Waals surface area contributed by atoms with E-state index in [9.17, 15) is 0 Å². The molecule has 5 nitrogen and oxygen atoms in total. The first kappa shape index (κ1) is 17.4. The van der Waals surface area contributed by atoms with Gasteiger partial charge in [-0.3, -0.25) is 0 Å². The zero-order valence-electron chi connectivity index (χ0n) is 15.4. The molecule has 0 spiro atoms. The van der Waals surface area contributed by atoms with Crippen LogP contribution in [0.2, 0.25) is 0 Å². The molecular formula is C21H27N3O2. The molecule has 0 radical (unpaired) electrons. The molecule has 2 aliphatic heterocycles. The third kappa shape index (κ3) is 4.22. The van der Waals surface area contributed by atoms with E-state index in [1.165, 1.54) is 5.56 Å². The number of ether oxygens (including phenoxy) is 2. The average molecular weight is 353 g/mol. The van der Waals surface area contributed by atoms with E-state index in [0.29, 0.717) is 18.6 Å². The second-order valence-corrected chi connectivity index (χ2v) is 7.24. The van der Waals surface area contributed by atoms with Crippen molar-refractivity contribution in [2.24, 2.45) is 0 Å². The highest BCUT2D eigenvalue weighted by Gasteiger charge is 2.24. The van der Waals surface area contributed by atoms with E-state index in [0.717, 1.165) is 62.9 Å². The number of hydrogen-bond acceptors (Lipinski definition) is 5. The van der Waals surface area contributed by atoms with Crippen molar-refractivity contribution in [3.8, 4) is 0 Å². The van der Waals surface area contributed by atoms with E-state index in [2.05, 4.69) is 45.2 Å². The van der Waals surface area contributed by atoms with Crippen molar-refractivity contribution in [1.29, 1.82) is 0 Å². The van der Waals surface area contributed by atoms with E-state index in [-0.39, 0.29) is 0 Å². The Morgan fingerprint density at radius 1 is 1.12 bits per heavy atom. The molecule has 1 aromatic heterocycles. The quantitative estimate of drug-likeness (QED) is 0.824. The van der Waals surface area contributed by atoms with Crippen LogP contribution in [0.1, 0.15) is 42.3 Å². The Bertz CT molecular complexity index is 708. The molecule has 26 heavy (non-hydrogen) atoms. The molecule has 2 saturated heterocycles. The van der Waals surface area contributed by atoms with Crippen LogP contribution in [0.3, 0.4) is 0 Å². The summed E-state index contributed by atoms with van der Waals surface area (Å²) < 4.78 is 11.6. The summed E-state index contributed by atoms with van der Waals surface area (Å²) in [4.78, 5) is 11.7. The molecule has 1 atom stereocenters. The highest BCUT2D eigenvalue weighted by atomic mass is 16.5. The number of anilines is 1. The Kier molecular flexibility index (Phi) is 5.46. The maximum Gasteiger partial charge on any atom is 0.132 e. The van der Waals surface area contributed by atoms with E-state index >= 15 is 0 Å². The summed E-state index contributed by atoms with van der Waals surface area (Å²) in [5, 5.41) is 0. The fraction of sp³-hybridized carbons (Fsp3) is 0.524. The normalized spacial score (nSPS) is 21.3. The molecule has 138 valence electrons. The van der Waals surface area contributed by atoms with Crippen LogP contribution in [-0.4, -0.2) is 42.4 Å². The lowest BCUT2D eigenvalue weighted by molar-refractivity contribution is 0.0250. The predicted molar refractivity (Wildman–Crippen MR) is 101 cm³/mol. The highest BCUT2D eigenvalue weighted by Crippen LogP contribution is 2.27. The molecule has 2 fully saturated rings. The first-order valence-corrected chi connectivity index (χ1v) is 9.62.